The molecule has 2 heterocycles. The molecular weight excluding hydrogens is 465 g/mol. The quantitative estimate of drug-likeness (QED) is 0.376. The van der Waals surface area contributed by atoms with Gasteiger partial charge in [-0.15, -0.1) is 0 Å². The summed E-state index contributed by atoms with van der Waals surface area (Å²) in [5.74, 6) is 0.875. The molecule has 0 saturated heterocycles. The number of benzene rings is 3. The number of nitrogens with zero attached hydrogens (tertiary/aromatic N) is 2. The Morgan fingerprint density at radius 3 is 2.41 bits per heavy atom. The van der Waals surface area contributed by atoms with E-state index in [4.69, 9.17) is 4.98 Å². The maximum absolute atomic E-state index is 13.3. The van der Waals surface area contributed by atoms with Gasteiger partial charge in [0, 0.05) is 0 Å². The Bertz CT molecular complexity index is 1390. The van der Waals surface area contributed by atoms with Gasteiger partial charge in [-0.05, 0) is 0 Å². The van der Waals surface area contributed by atoms with Crippen LogP contribution in [-0.2, 0) is 6.42 Å². The number of aromatic hydroxyl groups is 1. The van der Waals surface area contributed by atoms with Gasteiger partial charge in [-0.1, -0.05) is 0 Å². The van der Waals surface area contributed by atoms with E-state index in [1.165, 1.54) is 10.0 Å². The van der Waals surface area contributed by atoms with E-state index in [1.807, 2.05) is 42.5 Å². The molecule has 5 rings (SSSR count). The van der Waals surface area contributed by atoms with Crippen LogP contribution in [0.25, 0.3) is 17.1 Å². The summed E-state index contributed by atoms with van der Waals surface area (Å²) < 4.78 is 3.79. The molecule has 32 heavy (non-hydrogen) atoms. The zero-order valence-corrected chi connectivity index (χ0v) is 19.2. The fourth-order valence-corrected chi connectivity index (χ4v) is 5.47. The average Bonchev–Trinajstić information content (AvgIpc) is 3.12. The predicted molar refractivity (Wildman–Crippen MR) is 128 cm³/mol. The van der Waals surface area contributed by atoms with E-state index < -0.39 is 0 Å². The van der Waals surface area contributed by atoms with Gasteiger partial charge in [0.25, 0.3) is 0 Å². The SMILES string of the molecule is Cc1ccc([Se]c2[nH]c(-c3ccc(O)cc3)cn3c(=O)c(Cc4ccccc4)nc2-3)cc1. The molecule has 0 unspecified atom stereocenters. The molecule has 5 nitrogen and oxygen atoms in total. The summed E-state index contributed by atoms with van der Waals surface area (Å²) in [7, 11) is 0. The number of fused-ring (bicyclic) bond motifs is 1. The molecule has 0 atom stereocenters. The molecule has 0 amide bonds. The van der Waals surface area contributed by atoms with Crippen LogP contribution >= 0.6 is 0 Å². The molecule has 0 saturated carbocycles. The van der Waals surface area contributed by atoms with E-state index in [1.54, 1.807) is 22.9 Å². The Hall–Kier alpha value is -3.60. The Labute approximate surface area is 191 Å². The van der Waals surface area contributed by atoms with Crippen molar-refractivity contribution < 1.29 is 5.11 Å². The fraction of sp³-hybridized carbons (Fsp3) is 0.0769. The summed E-state index contributed by atoms with van der Waals surface area (Å²) in [5, 5.41) is 9.66. The van der Waals surface area contributed by atoms with Gasteiger partial charge in [0.05, 0.1) is 0 Å². The molecule has 0 radical (unpaired) electrons. The maximum atomic E-state index is 13.3. The van der Waals surface area contributed by atoms with Crippen molar-refractivity contribution in [1.29, 1.82) is 0 Å². The van der Waals surface area contributed by atoms with Crippen molar-refractivity contribution in [3.63, 3.8) is 0 Å². The second-order valence-electron chi connectivity index (χ2n) is 7.68. The molecule has 2 aliphatic rings. The number of phenols is 1. The molecule has 0 bridgehead atoms. The molecule has 158 valence electrons. The van der Waals surface area contributed by atoms with Crippen molar-refractivity contribution in [3.8, 4) is 22.8 Å². The first kappa shape index (κ1) is 20.3. The van der Waals surface area contributed by atoms with Crippen molar-refractivity contribution in [1.82, 2.24) is 14.5 Å². The molecule has 3 aromatic rings. The van der Waals surface area contributed by atoms with Crippen LogP contribution in [0, 0.1) is 6.92 Å². The van der Waals surface area contributed by atoms with Crippen molar-refractivity contribution in [3.05, 3.63) is 112 Å². The van der Waals surface area contributed by atoms with Gasteiger partial charge in [0.1, 0.15) is 0 Å². The van der Waals surface area contributed by atoms with E-state index in [-0.39, 0.29) is 26.3 Å². The standard InChI is InChI=1S/C26H21N3O2Se/c1-17-7-13-21(14-8-17)32-25-24-27-22(15-18-5-3-2-4-6-18)26(31)29(24)16-23(28-25)19-9-11-20(30)12-10-19/h2-14,16,28,30H,15H2,1H3. The second kappa shape index (κ2) is 8.50. The number of nitrogens with one attached hydrogen (secondary N) is 1. The van der Waals surface area contributed by atoms with E-state index in [0.717, 1.165) is 21.4 Å². The number of H-pyrrole nitrogens is 1. The van der Waals surface area contributed by atoms with E-state index >= 15 is 0 Å². The minimum absolute atomic E-state index is 0.0658. The summed E-state index contributed by atoms with van der Waals surface area (Å²) in [6.07, 6.45) is 2.30. The normalized spacial score (nSPS) is 11.2. The third kappa shape index (κ3) is 4.11. The van der Waals surface area contributed by atoms with Gasteiger partial charge in [0.15, 0.2) is 0 Å². The zero-order chi connectivity index (χ0) is 22.1. The van der Waals surface area contributed by atoms with E-state index in [0.29, 0.717) is 17.9 Å². The van der Waals surface area contributed by atoms with Crippen molar-refractivity contribution >= 4 is 24.0 Å². The summed E-state index contributed by atoms with van der Waals surface area (Å²) in [5.41, 5.74) is 4.41. The number of rotatable bonds is 5. The van der Waals surface area contributed by atoms with Crippen LogP contribution in [0.1, 0.15) is 16.8 Å². The van der Waals surface area contributed by atoms with Gasteiger partial charge < -0.3 is 0 Å². The molecule has 2 N–H and O–H groups in total. The zero-order valence-electron chi connectivity index (χ0n) is 17.4. The molecular formula is C26H21N3O2Se. The number of aromatic nitrogens is 3. The molecule has 3 aromatic carbocycles. The number of hydrogen-bond acceptors (Lipinski definition) is 3. The number of phenolic OH excluding ortho intramolecular Hbond substituents is 1. The van der Waals surface area contributed by atoms with E-state index in [9.17, 15) is 9.90 Å². The summed E-state index contributed by atoms with van der Waals surface area (Å²) in [4.78, 5) is 21.6. The molecule has 6 heteroatoms. The van der Waals surface area contributed by atoms with Crippen molar-refractivity contribution in [2.75, 3.05) is 0 Å². The second-order valence-corrected chi connectivity index (χ2v) is 9.95. The van der Waals surface area contributed by atoms with Crippen LogP contribution in [0.3, 0.4) is 0 Å². The first-order valence-electron chi connectivity index (χ1n) is 10.3. The summed E-state index contributed by atoms with van der Waals surface area (Å²) in [6.45, 7) is 2.07. The van der Waals surface area contributed by atoms with Crippen LogP contribution in [0.2, 0.25) is 0 Å². The van der Waals surface area contributed by atoms with Gasteiger partial charge in [0.2, 0.25) is 0 Å². The molecule has 0 aromatic heterocycles. The van der Waals surface area contributed by atoms with E-state index in [2.05, 4.69) is 36.2 Å². The Morgan fingerprint density at radius 2 is 1.69 bits per heavy atom. The molecule has 0 spiro atoms. The minimum atomic E-state index is -0.0983. The predicted octanol–water partition coefficient (Wildman–Crippen LogP) is 2.93. The van der Waals surface area contributed by atoms with Crippen LogP contribution in [0.5, 0.6) is 5.75 Å². The summed E-state index contributed by atoms with van der Waals surface area (Å²) in [6, 6.07) is 25.3. The summed E-state index contributed by atoms with van der Waals surface area (Å²) >= 11 is -0.0658. The van der Waals surface area contributed by atoms with Gasteiger partial charge in [-0.3, -0.25) is 0 Å². The molecule has 0 aliphatic carbocycles. The Balaban J connectivity index is 1.64. The third-order valence-corrected chi connectivity index (χ3v) is 7.37. The topological polar surface area (TPSA) is 70.9 Å². The van der Waals surface area contributed by atoms with Gasteiger partial charge in [-0.2, -0.15) is 0 Å². The Morgan fingerprint density at radius 1 is 0.969 bits per heavy atom. The average molecular weight is 486 g/mol. The van der Waals surface area contributed by atoms with Gasteiger partial charge in [-0.25, -0.2) is 0 Å². The Kier molecular flexibility index (Phi) is 5.39. The van der Waals surface area contributed by atoms with Crippen LogP contribution in [-0.4, -0.2) is 34.6 Å². The van der Waals surface area contributed by atoms with Crippen LogP contribution in [0.4, 0.5) is 0 Å². The first-order chi connectivity index (χ1) is 15.6. The van der Waals surface area contributed by atoms with Gasteiger partial charge >= 0.3 is 192 Å². The number of hydrogen-bond donors (Lipinski definition) is 2. The van der Waals surface area contributed by atoms with Crippen molar-refractivity contribution in [2.45, 2.75) is 13.3 Å². The van der Waals surface area contributed by atoms with Crippen LogP contribution < -0.4 is 14.6 Å². The number of aryl methyl sites for hydroxylation is 1. The number of imidazole rings is 1. The monoisotopic (exact) mass is 487 g/mol. The number of aromatic amines is 1. The first-order valence-corrected chi connectivity index (χ1v) is 12.0. The molecule has 0 fully saturated rings. The molecule has 2 aliphatic heterocycles. The van der Waals surface area contributed by atoms with Crippen LogP contribution in [0.15, 0.2) is 89.9 Å². The fourth-order valence-electron chi connectivity index (χ4n) is 3.57. The van der Waals surface area contributed by atoms with Crippen molar-refractivity contribution in [2.24, 2.45) is 0 Å². The third-order valence-electron chi connectivity index (χ3n) is 5.28.